The molecular formula is C18H21FN2O3S. The van der Waals surface area contributed by atoms with Crippen LogP contribution in [0.3, 0.4) is 0 Å². The van der Waals surface area contributed by atoms with Crippen LogP contribution in [-0.2, 0) is 14.8 Å². The Balaban J connectivity index is 2.39. The number of amides is 1. The van der Waals surface area contributed by atoms with Gasteiger partial charge in [0.1, 0.15) is 12.4 Å². The average molecular weight is 364 g/mol. The van der Waals surface area contributed by atoms with Gasteiger partial charge in [-0.15, -0.1) is 0 Å². The molecule has 0 aliphatic rings. The van der Waals surface area contributed by atoms with Gasteiger partial charge in [-0.3, -0.25) is 9.10 Å². The number of hydrogen-bond acceptors (Lipinski definition) is 3. The highest BCUT2D eigenvalue weighted by Crippen LogP contribution is 2.23. The number of rotatable bonds is 7. The Labute approximate surface area is 147 Å². The number of hydrogen-bond donors (Lipinski definition) is 1. The first-order valence-corrected chi connectivity index (χ1v) is 9.41. The van der Waals surface area contributed by atoms with Crippen LogP contribution in [0.1, 0.15) is 20.3 Å². The first-order chi connectivity index (χ1) is 11.8. The maximum Gasteiger partial charge on any atom is 0.264 e. The van der Waals surface area contributed by atoms with E-state index in [9.17, 15) is 17.6 Å². The lowest BCUT2D eigenvalue weighted by Crippen LogP contribution is -2.43. The molecule has 0 aliphatic carbocycles. The maximum atomic E-state index is 13.2. The standard InChI is InChI=1S/C18H21FN2O3S/c1-3-14(2)20-18(22)13-21(16-11-9-15(19)10-12-16)25(23,24)17-7-5-4-6-8-17/h4-12,14H,3,13H2,1-2H3,(H,20,22)/t14-/m1/s1. The number of halogens is 1. The Morgan fingerprint density at radius 3 is 2.28 bits per heavy atom. The molecule has 0 radical (unpaired) electrons. The topological polar surface area (TPSA) is 66.5 Å². The van der Waals surface area contributed by atoms with E-state index in [0.29, 0.717) is 0 Å². The highest BCUT2D eigenvalue weighted by Gasteiger charge is 2.27. The molecule has 0 spiro atoms. The molecule has 25 heavy (non-hydrogen) atoms. The molecule has 2 aromatic rings. The molecule has 0 saturated heterocycles. The van der Waals surface area contributed by atoms with E-state index >= 15 is 0 Å². The van der Waals surface area contributed by atoms with Gasteiger partial charge in [0.15, 0.2) is 0 Å². The van der Waals surface area contributed by atoms with E-state index in [0.717, 1.165) is 22.9 Å². The van der Waals surface area contributed by atoms with Gasteiger partial charge in [-0.25, -0.2) is 12.8 Å². The van der Waals surface area contributed by atoms with Crippen molar-refractivity contribution in [3.63, 3.8) is 0 Å². The normalized spacial score (nSPS) is 12.4. The largest absolute Gasteiger partial charge is 0.352 e. The van der Waals surface area contributed by atoms with Crippen LogP contribution < -0.4 is 9.62 Å². The predicted molar refractivity (Wildman–Crippen MR) is 95.3 cm³/mol. The van der Waals surface area contributed by atoms with E-state index in [1.54, 1.807) is 18.2 Å². The smallest absolute Gasteiger partial charge is 0.264 e. The van der Waals surface area contributed by atoms with Crippen LogP contribution in [0.4, 0.5) is 10.1 Å². The molecule has 0 saturated carbocycles. The van der Waals surface area contributed by atoms with Crippen LogP contribution in [0.2, 0.25) is 0 Å². The number of benzene rings is 2. The first-order valence-electron chi connectivity index (χ1n) is 7.97. The summed E-state index contributed by atoms with van der Waals surface area (Å²) >= 11 is 0. The van der Waals surface area contributed by atoms with Crippen LogP contribution in [0.25, 0.3) is 0 Å². The van der Waals surface area contributed by atoms with Crippen molar-refractivity contribution in [2.75, 3.05) is 10.8 Å². The van der Waals surface area contributed by atoms with Crippen molar-refractivity contribution in [3.05, 3.63) is 60.4 Å². The summed E-state index contributed by atoms with van der Waals surface area (Å²) in [5.41, 5.74) is 0.226. The van der Waals surface area contributed by atoms with Gasteiger partial charge in [-0.1, -0.05) is 25.1 Å². The SMILES string of the molecule is CC[C@@H](C)NC(=O)CN(c1ccc(F)cc1)S(=O)(=O)c1ccccc1. The monoisotopic (exact) mass is 364 g/mol. The number of anilines is 1. The van der Waals surface area contributed by atoms with Crippen LogP contribution in [0.15, 0.2) is 59.5 Å². The molecule has 0 aliphatic heterocycles. The molecule has 0 heterocycles. The number of nitrogens with one attached hydrogen (secondary N) is 1. The minimum Gasteiger partial charge on any atom is -0.352 e. The van der Waals surface area contributed by atoms with Gasteiger partial charge in [-0.05, 0) is 49.7 Å². The van der Waals surface area contributed by atoms with Crippen LogP contribution in [-0.4, -0.2) is 26.9 Å². The Morgan fingerprint density at radius 2 is 1.72 bits per heavy atom. The second kappa shape index (κ2) is 8.11. The zero-order chi connectivity index (χ0) is 18.4. The van der Waals surface area contributed by atoms with Crippen molar-refractivity contribution in [2.45, 2.75) is 31.2 Å². The molecular weight excluding hydrogens is 343 g/mol. The molecule has 0 unspecified atom stereocenters. The molecule has 1 atom stereocenters. The molecule has 2 aromatic carbocycles. The first kappa shape index (κ1) is 18.9. The van der Waals surface area contributed by atoms with Crippen molar-refractivity contribution >= 4 is 21.6 Å². The Morgan fingerprint density at radius 1 is 1.12 bits per heavy atom. The third-order valence-corrected chi connectivity index (χ3v) is 5.54. The summed E-state index contributed by atoms with van der Waals surface area (Å²) in [6, 6.07) is 12.8. The van der Waals surface area contributed by atoms with Crippen molar-refractivity contribution in [1.29, 1.82) is 0 Å². The zero-order valence-corrected chi connectivity index (χ0v) is 15.0. The summed E-state index contributed by atoms with van der Waals surface area (Å²) in [5, 5.41) is 2.75. The van der Waals surface area contributed by atoms with Crippen molar-refractivity contribution < 1.29 is 17.6 Å². The summed E-state index contributed by atoms with van der Waals surface area (Å²) in [6.07, 6.45) is 0.730. The third-order valence-electron chi connectivity index (χ3n) is 3.75. The molecule has 5 nitrogen and oxygen atoms in total. The Hall–Kier alpha value is -2.41. The lowest BCUT2D eigenvalue weighted by molar-refractivity contribution is -0.120. The fourth-order valence-corrected chi connectivity index (χ4v) is 3.64. The van der Waals surface area contributed by atoms with Crippen molar-refractivity contribution in [1.82, 2.24) is 5.32 Å². The zero-order valence-electron chi connectivity index (χ0n) is 14.1. The van der Waals surface area contributed by atoms with E-state index in [1.165, 1.54) is 24.3 Å². The Bertz CT molecular complexity index is 808. The van der Waals surface area contributed by atoms with E-state index in [1.807, 2.05) is 13.8 Å². The lowest BCUT2D eigenvalue weighted by atomic mass is 10.2. The number of carbonyl (C=O) groups is 1. The van der Waals surface area contributed by atoms with E-state index in [2.05, 4.69) is 5.32 Å². The molecule has 1 N–H and O–H groups in total. The number of nitrogens with zero attached hydrogens (tertiary/aromatic N) is 1. The summed E-state index contributed by atoms with van der Waals surface area (Å²) in [4.78, 5) is 12.3. The third kappa shape index (κ3) is 4.79. The molecule has 0 aromatic heterocycles. The Kier molecular flexibility index (Phi) is 6.14. The molecule has 0 bridgehead atoms. The van der Waals surface area contributed by atoms with E-state index in [-0.39, 0.29) is 23.2 Å². The summed E-state index contributed by atoms with van der Waals surface area (Å²) in [5.74, 6) is -0.900. The van der Waals surface area contributed by atoms with Crippen molar-refractivity contribution in [3.8, 4) is 0 Å². The average Bonchev–Trinajstić information content (AvgIpc) is 2.61. The van der Waals surface area contributed by atoms with E-state index < -0.39 is 21.7 Å². The van der Waals surface area contributed by atoms with Crippen LogP contribution in [0.5, 0.6) is 0 Å². The highest BCUT2D eigenvalue weighted by atomic mass is 32.2. The number of carbonyl (C=O) groups excluding carboxylic acids is 1. The van der Waals surface area contributed by atoms with Gasteiger partial charge in [0.2, 0.25) is 5.91 Å². The second-order valence-corrected chi connectivity index (χ2v) is 7.54. The number of sulfonamides is 1. The minimum atomic E-state index is -3.95. The molecule has 2 rings (SSSR count). The quantitative estimate of drug-likeness (QED) is 0.821. The maximum absolute atomic E-state index is 13.2. The van der Waals surface area contributed by atoms with Crippen molar-refractivity contribution in [2.24, 2.45) is 0 Å². The summed E-state index contributed by atoms with van der Waals surface area (Å²) in [7, 11) is -3.95. The molecule has 134 valence electrons. The van der Waals surface area contributed by atoms with Gasteiger partial charge in [0.25, 0.3) is 10.0 Å². The molecule has 7 heteroatoms. The van der Waals surface area contributed by atoms with Gasteiger partial charge in [0.05, 0.1) is 10.6 Å². The van der Waals surface area contributed by atoms with Gasteiger partial charge >= 0.3 is 0 Å². The van der Waals surface area contributed by atoms with Crippen LogP contribution >= 0.6 is 0 Å². The minimum absolute atomic E-state index is 0.0654. The summed E-state index contributed by atoms with van der Waals surface area (Å²) < 4.78 is 40.1. The van der Waals surface area contributed by atoms with Gasteiger partial charge < -0.3 is 5.32 Å². The van der Waals surface area contributed by atoms with Crippen LogP contribution in [0, 0.1) is 5.82 Å². The van der Waals surface area contributed by atoms with Gasteiger partial charge in [-0.2, -0.15) is 0 Å². The second-order valence-electron chi connectivity index (χ2n) is 5.68. The predicted octanol–water partition coefficient (Wildman–Crippen LogP) is 2.94. The highest BCUT2D eigenvalue weighted by molar-refractivity contribution is 7.92. The fraction of sp³-hybridized carbons (Fsp3) is 0.278. The van der Waals surface area contributed by atoms with E-state index in [4.69, 9.17) is 0 Å². The lowest BCUT2D eigenvalue weighted by Gasteiger charge is -2.25. The molecule has 0 fully saturated rings. The van der Waals surface area contributed by atoms with Gasteiger partial charge in [0, 0.05) is 6.04 Å². The summed E-state index contributed by atoms with van der Waals surface area (Å²) in [6.45, 7) is 3.38. The molecule has 1 amide bonds. The fourth-order valence-electron chi connectivity index (χ4n) is 2.20.